The molecule has 0 spiro atoms. The summed E-state index contributed by atoms with van der Waals surface area (Å²) in [6.45, 7) is 3.86. The third-order valence-corrected chi connectivity index (χ3v) is 6.87. The van der Waals surface area contributed by atoms with Crippen LogP contribution in [0.25, 0.3) is 5.57 Å². The molecule has 0 N–H and O–H groups in total. The maximum atomic E-state index is 12.2. The lowest BCUT2D eigenvalue weighted by atomic mass is 10.1. The summed E-state index contributed by atoms with van der Waals surface area (Å²) in [6.07, 6.45) is 0. The molecule has 0 saturated carbocycles. The van der Waals surface area contributed by atoms with Gasteiger partial charge in [0, 0.05) is 4.47 Å². The van der Waals surface area contributed by atoms with Gasteiger partial charge in [0.15, 0.2) is 9.84 Å². The fraction of sp³-hybridized carbons (Fsp3) is 0.0769. The molecule has 0 saturated heterocycles. The largest absolute Gasteiger partial charge is 0.222 e. The second-order valence-corrected chi connectivity index (χ2v) is 7.74. The molecule has 0 fully saturated rings. The molecule has 1 aromatic carbocycles. The van der Waals surface area contributed by atoms with Crippen molar-refractivity contribution in [2.45, 2.75) is 4.21 Å². The number of rotatable bonds is 4. The molecule has 1 heterocycles. The van der Waals surface area contributed by atoms with Crippen molar-refractivity contribution >= 4 is 42.7 Å². The van der Waals surface area contributed by atoms with Crippen molar-refractivity contribution in [3.05, 3.63) is 58.4 Å². The minimum absolute atomic E-state index is 0.0594. The zero-order valence-electron chi connectivity index (χ0n) is 9.47. The standard InChI is InChI=1S/C13H11BrO2S2/c1-10(11-5-3-2-4-6-11)9-18(15,16)13-12(14)7-8-17-13/h2-8H,1,9H2. The molecule has 0 aliphatic heterocycles. The lowest BCUT2D eigenvalue weighted by molar-refractivity contribution is 0.601. The van der Waals surface area contributed by atoms with E-state index in [4.69, 9.17) is 0 Å². The summed E-state index contributed by atoms with van der Waals surface area (Å²) in [6, 6.07) is 11.1. The van der Waals surface area contributed by atoms with E-state index in [1.165, 1.54) is 11.3 Å². The van der Waals surface area contributed by atoms with Crippen LogP contribution in [0.3, 0.4) is 0 Å². The van der Waals surface area contributed by atoms with E-state index in [-0.39, 0.29) is 5.75 Å². The lowest BCUT2D eigenvalue weighted by Crippen LogP contribution is -2.07. The molecule has 0 unspecified atom stereocenters. The quantitative estimate of drug-likeness (QED) is 0.841. The van der Waals surface area contributed by atoms with Crippen LogP contribution >= 0.6 is 27.3 Å². The second-order valence-electron chi connectivity index (χ2n) is 3.78. The van der Waals surface area contributed by atoms with E-state index in [1.54, 1.807) is 11.4 Å². The summed E-state index contributed by atoms with van der Waals surface area (Å²) in [4.78, 5) is 0. The molecule has 0 radical (unpaired) electrons. The molecule has 94 valence electrons. The van der Waals surface area contributed by atoms with E-state index in [1.807, 2.05) is 30.3 Å². The minimum atomic E-state index is -3.32. The van der Waals surface area contributed by atoms with Gasteiger partial charge in [-0.1, -0.05) is 36.9 Å². The Morgan fingerprint density at radius 1 is 1.22 bits per heavy atom. The van der Waals surface area contributed by atoms with Crippen molar-refractivity contribution < 1.29 is 8.42 Å². The molecule has 0 bridgehead atoms. The van der Waals surface area contributed by atoms with Crippen molar-refractivity contribution in [3.63, 3.8) is 0 Å². The van der Waals surface area contributed by atoms with Gasteiger partial charge in [-0.2, -0.15) is 0 Å². The normalized spacial score (nSPS) is 11.4. The summed E-state index contributed by atoms with van der Waals surface area (Å²) in [5.74, 6) is -0.0594. The highest BCUT2D eigenvalue weighted by Crippen LogP contribution is 2.30. The van der Waals surface area contributed by atoms with Gasteiger partial charge in [0.2, 0.25) is 0 Å². The fourth-order valence-electron chi connectivity index (χ4n) is 1.55. The Labute approximate surface area is 119 Å². The van der Waals surface area contributed by atoms with Gasteiger partial charge in [0.25, 0.3) is 0 Å². The van der Waals surface area contributed by atoms with Crippen LogP contribution in [-0.4, -0.2) is 14.2 Å². The Balaban J connectivity index is 2.25. The minimum Gasteiger partial charge on any atom is -0.222 e. The van der Waals surface area contributed by atoms with Crippen molar-refractivity contribution in [1.82, 2.24) is 0 Å². The van der Waals surface area contributed by atoms with Crippen molar-refractivity contribution in [1.29, 1.82) is 0 Å². The number of hydrogen-bond donors (Lipinski definition) is 0. The van der Waals surface area contributed by atoms with Crippen molar-refractivity contribution in [3.8, 4) is 0 Å². The summed E-state index contributed by atoms with van der Waals surface area (Å²) >= 11 is 4.47. The lowest BCUT2D eigenvalue weighted by Gasteiger charge is -2.06. The van der Waals surface area contributed by atoms with E-state index in [9.17, 15) is 8.42 Å². The van der Waals surface area contributed by atoms with Crippen LogP contribution in [0.1, 0.15) is 5.56 Å². The van der Waals surface area contributed by atoms with Crippen LogP contribution in [0.5, 0.6) is 0 Å². The SMILES string of the molecule is C=C(CS(=O)(=O)c1sccc1Br)c1ccccc1. The molecule has 5 heteroatoms. The smallest absolute Gasteiger partial charge is 0.193 e. The Hall–Kier alpha value is -0.910. The molecule has 0 atom stereocenters. The first-order chi connectivity index (χ1) is 8.50. The highest BCUT2D eigenvalue weighted by Gasteiger charge is 2.20. The number of thiophene rings is 1. The van der Waals surface area contributed by atoms with Gasteiger partial charge in [-0.15, -0.1) is 11.3 Å². The number of halogens is 1. The third-order valence-electron chi connectivity index (χ3n) is 2.41. The Morgan fingerprint density at radius 3 is 2.44 bits per heavy atom. The van der Waals surface area contributed by atoms with E-state index < -0.39 is 9.84 Å². The number of sulfone groups is 1. The van der Waals surface area contributed by atoms with Gasteiger partial charge in [-0.25, -0.2) is 8.42 Å². The van der Waals surface area contributed by atoms with Crippen molar-refractivity contribution in [2.24, 2.45) is 0 Å². The molecule has 18 heavy (non-hydrogen) atoms. The first-order valence-corrected chi connectivity index (χ1v) is 8.52. The number of benzene rings is 1. The predicted molar refractivity (Wildman–Crippen MR) is 79.5 cm³/mol. The van der Waals surface area contributed by atoms with E-state index in [0.29, 0.717) is 14.3 Å². The average molecular weight is 343 g/mol. The van der Waals surface area contributed by atoms with E-state index >= 15 is 0 Å². The first kappa shape index (κ1) is 13.5. The van der Waals surface area contributed by atoms with Crippen LogP contribution < -0.4 is 0 Å². The van der Waals surface area contributed by atoms with Crippen LogP contribution in [0.4, 0.5) is 0 Å². The molecule has 0 amide bonds. The number of hydrogen-bond acceptors (Lipinski definition) is 3. The molecule has 1 aromatic heterocycles. The van der Waals surface area contributed by atoms with Crippen LogP contribution in [-0.2, 0) is 9.84 Å². The van der Waals surface area contributed by atoms with Gasteiger partial charge in [-0.3, -0.25) is 0 Å². The van der Waals surface area contributed by atoms with Gasteiger partial charge in [0.1, 0.15) is 4.21 Å². The second kappa shape index (κ2) is 5.38. The Bertz CT molecular complexity index is 657. The third kappa shape index (κ3) is 2.91. The average Bonchev–Trinajstić information content (AvgIpc) is 2.77. The first-order valence-electron chi connectivity index (χ1n) is 5.19. The van der Waals surface area contributed by atoms with Crippen molar-refractivity contribution in [2.75, 3.05) is 5.75 Å². The summed E-state index contributed by atoms with van der Waals surface area (Å²) < 4.78 is 25.4. The maximum absolute atomic E-state index is 12.2. The zero-order valence-corrected chi connectivity index (χ0v) is 12.7. The monoisotopic (exact) mass is 342 g/mol. The highest BCUT2D eigenvalue weighted by atomic mass is 79.9. The van der Waals surface area contributed by atoms with Crippen LogP contribution in [0, 0.1) is 0 Å². The Morgan fingerprint density at radius 2 is 1.89 bits per heavy atom. The van der Waals surface area contributed by atoms with Gasteiger partial charge in [0.05, 0.1) is 5.75 Å². The summed E-state index contributed by atoms with van der Waals surface area (Å²) in [5, 5.41) is 1.75. The molecule has 2 aromatic rings. The molecular weight excluding hydrogens is 332 g/mol. The molecule has 2 rings (SSSR count). The summed E-state index contributed by atoms with van der Waals surface area (Å²) in [7, 11) is -3.32. The fourth-order valence-corrected chi connectivity index (χ4v) is 5.44. The predicted octanol–water partition coefficient (Wildman–Crippen LogP) is 4.00. The van der Waals surface area contributed by atoms with E-state index in [2.05, 4.69) is 22.5 Å². The van der Waals surface area contributed by atoms with Gasteiger partial charge >= 0.3 is 0 Å². The van der Waals surface area contributed by atoms with Gasteiger partial charge in [-0.05, 0) is 38.5 Å². The molecule has 2 nitrogen and oxygen atoms in total. The summed E-state index contributed by atoms with van der Waals surface area (Å²) in [5.41, 5.74) is 1.46. The van der Waals surface area contributed by atoms with Crippen LogP contribution in [0.15, 0.2) is 57.0 Å². The molecular formula is C13H11BrO2S2. The molecule has 0 aliphatic rings. The highest BCUT2D eigenvalue weighted by molar-refractivity contribution is 9.10. The topological polar surface area (TPSA) is 34.1 Å². The maximum Gasteiger partial charge on any atom is 0.193 e. The van der Waals surface area contributed by atoms with Gasteiger partial charge < -0.3 is 0 Å². The zero-order chi connectivity index (χ0) is 13.2. The van der Waals surface area contributed by atoms with E-state index in [0.717, 1.165) is 5.56 Å². The Kier molecular flexibility index (Phi) is 4.04. The molecule has 0 aliphatic carbocycles. The van der Waals surface area contributed by atoms with Crippen LogP contribution in [0.2, 0.25) is 0 Å².